The number of amides is 1. The largest absolute Gasteiger partial charge is 0.353 e. The third kappa shape index (κ3) is 4.79. The van der Waals surface area contributed by atoms with Gasteiger partial charge in [-0.3, -0.25) is 9.78 Å². The van der Waals surface area contributed by atoms with Crippen LogP contribution in [0.3, 0.4) is 0 Å². The zero-order valence-corrected chi connectivity index (χ0v) is 15.4. The Labute approximate surface area is 146 Å². The number of aryl methyl sites for hydroxylation is 1. The van der Waals surface area contributed by atoms with Crippen LogP contribution in [0.2, 0.25) is 0 Å². The normalized spacial score (nSPS) is 10.4. The monoisotopic (exact) mass is 375 g/mol. The minimum Gasteiger partial charge on any atom is -0.353 e. The molecule has 0 aliphatic carbocycles. The number of rotatable bonds is 6. The van der Waals surface area contributed by atoms with Gasteiger partial charge in [0.05, 0.1) is 23.1 Å². The summed E-state index contributed by atoms with van der Waals surface area (Å²) in [6.07, 6.45) is 5.40. The number of nitrogens with zero attached hydrogens (tertiary/aromatic N) is 2. The van der Waals surface area contributed by atoms with E-state index in [9.17, 15) is 4.79 Å². The highest BCUT2D eigenvalue weighted by molar-refractivity contribution is 9.10. The van der Waals surface area contributed by atoms with Gasteiger partial charge in [0, 0.05) is 24.3 Å². The Hall–Kier alpha value is -1.88. The second-order valence-electron chi connectivity index (χ2n) is 5.65. The Balaban J connectivity index is 2.14. The first kappa shape index (κ1) is 17.5. The number of benzene rings is 1. The number of pyridine rings is 1. The smallest absolute Gasteiger partial charge is 0.255 e. The summed E-state index contributed by atoms with van der Waals surface area (Å²) in [4.78, 5) is 18.3. The Morgan fingerprint density at radius 3 is 2.78 bits per heavy atom. The van der Waals surface area contributed by atoms with Crippen LogP contribution in [0.25, 0.3) is 0 Å². The van der Waals surface area contributed by atoms with Crippen molar-refractivity contribution in [1.29, 1.82) is 0 Å². The van der Waals surface area contributed by atoms with Crippen LogP contribution in [-0.2, 0) is 0 Å². The lowest BCUT2D eigenvalue weighted by Crippen LogP contribution is -2.27. The van der Waals surface area contributed by atoms with E-state index < -0.39 is 0 Å². The zero-order chi connectivity index (χ0) is 16.8. The standard InChI is InChI=1S/C18H22BrN3O/c1-4-5-8-22(3)18(23)14-10-15(12-20-11-14)21-17-7-6-13(2)9-16(17)19/h6-7,9-12,21H,4-5,8H2,1-3H3. The number of hydrogen-bond donors (Lipinski definition) is 1. The highest BCUT2D eigenvalue weighted by Crippen LogP contribution is 2.26. The van der Waals surface area contributed by atoms with Crippen molar-refractivity contribution in [2.45, 2.75) is 26.7 Å². The summed E-state index contributed by atoms with van der Waals surface area (Å²) in [5, 5.41) is 3.30. The Morgan fingerprint density at radius 1 is 1.30 bits per heavy atom. The lowest BCUT2D eigenvalue weighted by molar-refractivity contribution is 0.0793. The van der Waals surface area contributed by atoms with Crippen molar-refractivity contribution in [2.75, 3.05) is 18.9 Å². The lowest BCUT2D eigenvalue weighted by Gasteiger charge is -2.17. The van der Waals surface area contributed by atoms with E-state index in [0.29, 0.717) is 5.56 Å². The van der Waals surface area contributed by atoms with Crippen LogP contribution in [0.4, 0.5) is 11.4 Å². The van der Waals surface area contributed by atoms with Crippen LogP contribution < -0.4 is 5.32 Å². The Morgan fingerprint density at radius 2 is 2.09 bits per heavy atom. The second kappa shape index (κ2) is 8.11. The molecule has 0 atom stereocenters. The molecule has 2 rings (SSSR count). The summed E-state index contributed by atoms with van der Waals surface area (Å²) in [7, 11) is 1.83. The molecule has 0 unspecified atom stereocenters. The van der Waals surface area contributed by atoms with E-state index in [4.69, 9.17) is 0 Å². The van der Waals surface area contributed by atoms with Gasteiger partial charge in [-0.1, -0.05) is 19.4 Å². The van der Waals surface area contributed by atoms with Gasteiger partial charge in [0.25, 0.3) is 5.91 Å². The zero-order valence-electron chi connectivity index (χ0n) is 13.8. The number of unbranched alkanes of at least 4 members (excludes halogenated alkanes) is 1. The Kier molecular flexibility index (Phi) is 6.16. The fourth-order valence-electron chi connectivity index (χ4n) is 2.22. The minimum absolute atomic E-state index is 0.00225. The van der Waals surface area contributed by atoms with Crippen molar-refractivity contribution < 1.29 is 4.79 Å². The van der Waals surface area contributed by atoms with Crippen LogP contribution in [0.1, 0.15) is 35.7 Å². The van der Waals surface area contributed by atoms with Gasteiger partial charge < -0.3 is 10.2 Å². The fraction of sp³-hybridized carbons (Fsp3) is 0.333. The van der Waals surface area contributed by atoms with Crippen LogP contribution in [0.15, 0.2) is 41.1 Å². The number of anilines is 2. The first-order valence-corrected chi connectivity index (χ1v) is 8.54. The minimum atomic E-state index is -0.00225. The van der Waals surface area contributed by atoms with Gasteiger partial charge in [-0.05, 0) is 53.0 Å². The molecule has 0 bridgehead atoms. The van der Waals surface area contributed by atoms with Gasteiger partial charge in [0.1, 0.15) is 0 Å². The number of nitrogens with one attached hydrogen (secondary N) is 1. The van der Waals surface area contributed by atoms with Gasteiger partial charge in [0.2, 0.25) is 0 Å². The van der Waals surface area contributed by atoms with E-state index in [1.54, 1.807) is 17.3 Å². The van der Waals surface area contributed by atoms with Crippen LogP contribution in [0, 0.1) is 6.92 Å². The predicted octanol–water partition coefficient (Wildman–Crippen LogP) is 4.77. The molecule has 23 heavy (non-hydrogen) atoms. The maximum atomic E-state index is 12.4. The molecule has 0 aliphatic heterocycles. The van der Waals surface area contributed by atoms with E-state index in [1.807, 2.05) is 38.2 Å². The molecule has 0 aliphatic rings. The molecule has 1 aromatic carbocycles. The van der Waals surface area contributed by atoms with Crippen molar-refractivity contribution in [3.05, 3.63) is 52.3 Å². The van der Waals surface area contributed by atoms with Gasteiger partial charge in [-0.15, -0.1) is 0 Å². The van der Waals surface area contributed by atoms with Crippen molar-refractivity contribution >= 4 is 33.2 Å². The van der Waals surface area contributed by atoms with E-state index in [0.717, 1.165) is 35.2 Å². The van der Waals surface area contributed by atoms with E-state index in [-0.39, 0.29) is 5.91 Å². The first-order valence-electron chi connectivity index (χ1n) is 7.75. The van der Waals surface area contributed by atoms with Crippen molar-refractivity contribution in [2.24, 2.45) is 0 Å². The summed E-state index contributed by atoms with van der Waals surface area (Å²) in [6.45, 7) is 4.92. The van der Waals surface area contributed by atoms with Gasteiger partial charge >= 0.3 is 0 Å². The second-order valence-corrected chi connectivity index (χ2v) is 6.51. The first-order chi connectivity index (χ1) is 11.0. The van der Waals surface area contributed by atoms with Crippen molar-refractivity contribution in [1.82, 2.24) is 9.88 Å². The summed E-state index contributed by atoms with van der Waals surface area (Å²) in [5.74, 6) is -0.00225. The molecule has 0 radical (unpaired) electrons. The molecule has 4 nitrogen and oxygen atoms in total. The molecule has 0 saturated heterocycles. The SMILES string of the molecule is CCCCN(C)C(=O)c1cncc(Nc2ccc(C)cc2Br)c1. The molecule has 0 saturated carbocycles. The number of aromatic nitrogens is 1. The summed E-state index contributed by atoms with van der Waals surface area (Å²) in [6, 6.07) is 7.92. The van der Waals surface area contributed by atoms with E-state index in [2.05, 4.69) is 33.2 Å². The van der Waals surface area contributed by atoms with Crippen molar-refractivity contribution in [3.8, 4) is 0 Å². The third-order valence-corrected chi connectivity index (χ3v) is 4.24. The summed E-state index contributed by atoms with van der Waals surface area (Å²) in [5.41, 5.74) is 3.52. The average Bonchev–Trinajstić information content (AvgIpc) is 2.55. The van der Waals surface area contributed by atoms with E-state index >= 15 is 0 Å². The van der Waals surface area contributed by atoms with Gasteiger partial charge in [-0.2, -0.15) is 0 Å². The van der Waals surface area contributed by atoms with Gasteiger partial charge in [0.15, 0.2) is 0 Å². The quantitative estimate of drug-likeness (QED) is 0.790. The lowest BCUT2D eigenvalue weighted by atomic mass is 10.2. The van der Waals surface area contributed by atoms with Gasteiger partial charge in [-0.25, -0.2) is 0 Å². The third-order valence-electron chi connectivity index (χ3n) is 3.58. The fourth-order valence-corrected chi connectivity index (χ4v) is 2.81. The maximum absolute atomic E-state index is 12.4. The molecule has 1 amide bonds. The molecule has 0 spiro atoms. The average molecular weight is 376 g/mol. The Bertz CT molecular complexity index is 688. The molecular formula is C18H22BrN3O. The highest BCUT2D eigenvalue weighted by atomic mass is 79.9. The summed E-state index contributed by atoms with van der Waals surface area (Å²) < 4.78 is 0.981. The maximum Gasteiger partial charge on any atom is 0.255 e. The van der Waals surface area contributed by atoms with Crippen molar-refractivity contribution in [3.63, 3.8) is 0 Å². The van der Waals surface area contributed by atoms with Crippen LogP contribution >= 0.6 is 15.9 Å². The highest BCUT2D eigenvalue weighted by Gasteiger charge is 2.12. The number of hydrogen-bond acceptors (Lipinski definition) is 3. The molecule has 1 N–H and O–H groups in total. The summed E-state index contributed by atoms with van der Waals surface area (Å²) >= 11 is 3.55. The topological polar surface area (TPSA) is 45.2 Å². The number of halogens is 1. The molecule has 2 aromatic rings. The number of carbonyl (C=O) groups excluding carboxylic acids is 1. The molecule has 1 heterocycles. The molecule has 122 valence electrons. The van der Waals surface area contributed by atoms with Crippen LogP contribution in [-0.4, -0.2) is 29.4 Å². The number of carbonyl (C=O) groups is 1. The van der Waals surface area contributed by atoms with Crippen LogP contribution in [0.5, 0.6) is 0 Å². The molecular weight excluding hydrogens is 354 g/mol. The molecule has 5 heteroatoms. The molecule has 0 fully saturated rings. The molecule has 1 aromatic heterocycles. The predicted molar refractivity (Wildman–Crippen MR) is 98.3 cm³/mol. The van der Waals surface area contributed by atoms with E-state index in [1.165, 1.54) is 5.56 Å².